The summed E-state index contributed by atoms with van der Waals surface area (Å²) >= 11 is 0. The van der Waals surface area contributed by atoms with Crippen LogP contribution in [0.1, 0.15) is 17.0 Å². The van der Waals surface area contributed by atoms with Crippen molar-refractivity contribution in [2.24, 2.45) is 0 Å². The predicted octanol–water partition coefficient (Wildman–Crippen LogP) is 1.39. The average molecular weight is 163 g/mol. The summed E-state index contributed by atoms with van der Waals surface area (Å²) in [5.74, 6) is 1.02. The van der Waals surface area contributed by atoms with E-state index in [0.29, 0.717) is 11.7 Å². The van der Waals surface area contributed by atoms with Crippen LogP contribution in [0, 0.1) is 6.92 Å². The maximum absolute atomic E-state index is 9.45. The Kier molecular flexibility index (Phi) is 1.77. The molecule has 1 aliphatic heterocycles. The van der Waals surface area contributed by atoms with Gasteiger partial charge in [-0.2, -0.15) is 0 Å². The minimum Gasteiger partial charge on any atom is -0.508 e. The molecular weight excluding hydrogens is 150 g/mol. The maximum atomic E-state index is 9.45. The Hall–Kier alpha value is -1.02. The van der Waals surface area contributed by atoms with Gasteiger partial charge in [0, 0.05) is 19.0 Å². The van der Waals surface area contributed by atoms with Crippen LogP contribution in [-0.4, -0.2) is 18.2 Å². The molecule has 2 nitrogen and oxygen atoms in total. The first-order chi connectivity index (χ1) is 5.77. The molecule has 1 saturated heterocycles. The van der Waals surface area contributed by atoms with Gasteiger partial charge < -0.3 is 10.4 Å². The Balaban J connectivity index is 2.27. The number of hydrogen-bond donors (Lipinski definition) is 2. The molecule has 2 N–H and O–H groups in total. The summed E-state index contributed by atoms with van der Waals surface area (Å²) in [6.45, 7) is 4.00. The number of phenols is 1. The second-order valence-corrected chi connectivity index (χ2v) is 3.40. The molecule has 1 fully saturated rings. The Morgan fingerprint density at radius 2 is 2.17 bits per heavy atom. The predicted molar refractivity (Wildman–Crippen MR) is 48.5 cm³/mol. The van der Waals surface area contributed by atoms with Gasteiger partial charge in [0.15, 0.2) is 0 Å². The minimum absolute atomic E-state index is 0.416. The first-order valence-electron chi connectivity index (χ1n) is 4.27. The van der Waals surface area contributed by atoms with Gasteiger partial charge in [-0.25, -0.2) is 0 Å². The standard InChI is InChI=1S/C10H13NO/c1-7-2-3-8(4-10(7)12)9-5-11-6-9/h2-4,9,11-12H,5-6H2,1H3. The Morgan fingerprint density at radius 1 is 1.42 bits per heavy atom. The molecule has 0 saturated carbocycles. The summed E-state index contributed by atoms with van der Waals surface area (Å²) in [5.41, 5.74) is 2.20. The van der Waals surface area contributed by atoms with E-state index < -0.39 is 0 Å². The summed E-state index contributed by atoms with van der Waals surface area (Å²) < 4.78 is 0. The van der Waals surface area contributed by atoms with Crippen molar-refractivity contribution in [2.75, 3.05) is 13.1 Å². The SMILES string of the molecule is Cc1ccc(C2CNC2)cc1O. The molecule has 64 valence electrons. The normalized spacial score (nSPS) is 17.4. The lowest BCUT2D eigenvalue weighted by molar-refractivity contribution is 0.440. The van der Waals surface area contributed by atoms with Crippen LogP contribution in [-0.2, 0) is 0 Å². The Labute approximate surface area is 72.2 Å². The number of nitrogens with one attached hydrogen (secondary N) is 1. The summed E-state index contributed by atoms with van der Waals surface area (Å²) in [6.07, 6.45) is 0. The van der Waals surface area contributed by atoms with Gasteiger partial charge in [-0.1, -0.05) is 12.1 Å². The molecular formula is C10H13NO. The van der Waals surface area contributed by atoms with Gasteiger partial charge in [0.1, 0.15) is 5.75 Å². The summed E-state index contributed by atoms with van der Waals surface area (Å²) in [4.78, 5) is 0. The van der Waals surface area contributed by atoms with E-state index in [-0.39, 0.29) is 0 Å². The first kappa shape index (κ1) is 7.62. The van der Waals surface area contributed by atoms with Crippen molar-refractivity contribution in [3.05, 3.63) is 29.3 Å². The fourth-order valence-corrected chi connectivity index (χ4v) is 1.40. The molecule has 1 heterocycles. The highest BCUT2D eigenvalue weighted by Gasteiger charge is 2.18. The van der Waals surface area contributed by atoms with Gasteiger partial charge in [0.2, 0.25) is 0 Å². The number of hydrogen-bond acceptors (Lipinski definition) is 2. The molecule has 1 aliphatic rings. The molecule has 0 bridgehead atoms. The highest BCUT2D eigenvalue weighted by atomic mass is 16.3. The third kappa shape index (κ3) is 1.18. The second kappa shape index (κ2) is 2.79. The zero-order valence-corrected chi connectivity index (χ0v) is 7.17. The van der Waals surface area contributed by atoms with Crippen molar-refractivity contribution < 1.29 is 5.11 Å². The Morgan fingerprint density at radius 3 is 2.67 bits per heavy atom. The minimum atomic E-state index is 0.416. The van der Waals surface area contributed by atoms with E-state index in [9.17, 15) is 5.11 Å². The smallest absolute Gasteiger partial charge is 0.118 e. The number of aryl methyl sites for hydroxylation is 1. The van der Waals surface area contributed by atoms with Crippen LogP contribution in [0.2, 0.25) is 0 Å². The fraction of sp³-hybridized carbons (Fsp3) is 0.400. The van der Waals surface area contributed by atoms with Gasteiger partial charge in [0.05, 0.1) is 0 Å². The first-order valence-corrected chi connectivity index (χ1v) is 4.27. The van der Waals surface area contributed by atoms with E-state index in [0.717, 1.165) is 18.7 Å². The Bertz CT molecular complexity index is 292. The quantitative estimate of drug-likeness (QED) is 0.655. The molecule has 2 heteroatoms. The highest BCUT2D eigenvalue weighted by molar-refractivity contribution is 5.37. The van der Waals surface area contributed by atoms with E-state index in [4.69, 9.17) is 0 Å². The van der Waals surface area contributed by atoms with Crippen molar-refractivity contribution in [1.82, 2.24) is 5.32 Å². The van der Waals surface area contributed by atoms with E-state index in [1.165, 1.54) is 5.56 Å². The van der Waals surface area contributed by atoms with Gasteiger partial charge in [-0.3, -0.25) is 0 Å². The largest absolute Gasteiger partial charge is 0.508 e. The van der Waals surface area contributed by atoms with Gasteiger partial charge in [0.25, 0.3) is 0 Å². The van der Waals surface area contributed by atoms with E-state index in [1.54, 1.807) is 0 Å². The molecule has 12 heavy (non-hydrogen) atoms. The molecule has 0 unspecified atom stereocenters. The van der Waals surface area contributed by atoms with Crippen LogP contribution in [0.25, 0.3) is 0 Å². The molecule has 0 aromatic heterocycles. The summed E-state index contributed by atoms with van der Waals surface area (Å²) in [6, 6.07) is 5.95. The lowest BCUT2D eigenvalue weighted by atomic mass is 9.93. The van der Waals surface area contributed by atoms with Crippen molar-refractivity contribution in [3.63, 3.8) is 0 Å². The van der Waals surface area contributed by atoms with Crippen molar-refractivity contribution in [2.45, 2.75) is 12.8 Å². The van der Waals surface area contributed by atoms with Crippen LogP contribution >= 0.6 is 0 Å². The molecule has 0 aliphatic carbocycles. The number of rotatable bonds is 1. The van der Waals surface area contributed by atoms with Crippen LogP contribution in [0.5, 0.6) is 5.75 Å². The average Bonchev–Trinajstić information content (AvgIpc) is 1.93. The third-order valence-corrected chi connectivity index (χ3v) is 2.49. The topological polar surface area (TPSA) is 32.3 Å². The number of phenolic OH excluding ortho intramolecular Hbond substituents is 1. The van der Waals surface area contributed by atoms with Gasteiger partial charge in [-0.15, -0.1) is 0 Å². The van der Waals surface area contributed by atoms with Crippen LogP contribution in [0.4, 0.5) is 0 Å². The lowest BCUT2D eigenvalue weighted by Gasteiger charge is -2.27. The zero-order valence-electron chi connectivity index (χ0n) is 7.17. The number of aromatic hydroxyl groups is 1. The van der Waals surface area contributed by atoms with Crippen LogP contribution in [0.3, 0.4) is 0 Å². The monoisotopic (exact) mass is 163 g/mol. The van der Waals surface area contributed by atoms with Crippen molar-refractivity contribution in [1.29, 1.82) is 0 Å². The summed E-state index contributed by atoms with van der Waals surface area (Å²) in [7, 11) is 0. The second-order valence-electron chi connectivity index (χ2n) is 3.40. The van der Waals surface area contributed by atoms with Gasteiger partial charge >= 0.3 is 0 Å². The lowest BCUT2D eigenvalue weighted by Crippen LogP contribution is -2.39. The molecule has 1 aromatic rings. The molecule has 1 aromatic carbocycles. The third-order valence-electron chi connectivity index (χ3n) is 2.49. The molecule has 0 radical (unpaired) electrons. The fourth-order valence-electron chi connectivity index (χ4n) is 1.40. The highest BCUT2D eigenvalue weighted by Crippen LogP contribution is 2.25. The molecule has 0 atom stereocenters. The zero-order chi connectivity index (χ0) is 8.55. The van der Waals surface area contributed by atoms with Crippen LogP contribution in [0.15, 0.2) is 18.2 Å². The molecule has 0 spiro atoms. The summed E-state index contributed by atoms with van der Waals surface area (Å²) in [5, 5.41) is 12.7. The van der Waals surface area contributed by atoms with E-state index in [1.807, 2.05) is 19.1 Å². The van der Waals surface area contributed by atoms with E-state index in [2.05, 4.69) is 11.4 Å². The van der Waals surface area contributed by atoms with Gasteiger partial charge in [-0.05, 0) is 24.1 Å². The number of benzene rings is 1. The van der Waals surface area contributed by atoms with Crippen molar-refractivity contribution >= 4 is 0 Å². The van der Waals surface area contributed by atoms with E-state index >= 15 is 0 Å². The molecule has 0 amide bonds. The maximum Gasteiger partial charge on any atom is 0.118 e. The van der Waals surface area contributed by atoms with Crippen LogP contribution < -0.4 is 5.32 Å². The molecule has 2 rings (SSSR count). The van der Waals surface area contributed by atoms with Crippen molar-refractivity contribution in [3.8, 4) is 5.75 Å².